The first-order valence-electron chi connectivity index (χ1n) is 10.1. The summed E-state index contributed by atoms with van der Waals surface area (Å²) in [6, 6.07) is 28.3. The Balaban J connectivity index is 1.62. The number of nitrogens with one attached hydrogen (secondary N) is 1. The molecule has 0 bridgehead atoms. The van der Waals surface area contributed by atoms with Gasteiger partial charge in [-0.3, -0.25) is 9.10 Å². The third-order valence-corrected chi connectivity index (χ3v) is 6.82. The number of carbonyl (C=O) groups is 1. The van der Waals surface area contributed by atoms with E-state index in [1.807, 2.05) is 48.5 Å². The molecule has 0 atom stereocenters. The Morgan fingerprint density at radius 1 is 0.844 bits per heavy atom. The van der Waals surface area contributed by atoms with Crippen LogP contribution in [0, 0.1) is 0 Å². The van der Waals surface area contributed by atoms with Crippen LogP contribution < -0.4 is 9.62 Å². The van der Waals surface area contributed by atoms with E-state index in [4.69, 9.17) is 0 Å². The number of carbonyl (C=O) groups excluding carboxylic acids is 1. The lowest BCUT2D eigenvalue weighted by Gasteiger charge is -2.23. The van der Waals surface area contributed by atoms with Gasteiger partial charge in [-0.2, -0.15) is 0 Å². The second kappa shape index (κ2) is 9.08. The van der Waals surface area contributed by atoms with E-state index in [9.17, 15) is 13.2 Å². The molecule has 0 saturated carbocycles. The molecule has 0 aliphatic rings. The number of anilines is 2. The summed E-state index contributed by atoms with van der Waals surface area (Å²) < 4.78 is 28.0. The van der Waals surface area contributed by atoms with Crippen LogP contribution in [0.25, 0.3) is 10.8 Å². The van der Waals surface area contributed by atoms with Gasteiger partial charge >= 0.3 is 0 Å². The molecular formula is C26H22N2O3S. The Morgan fingerprint density at radius 3 is 2.31 bits per heavy atom. The highest BCUT2D eigenvalue weighted by molar-refractivity contribution is 7.92. The Kier molecular flexibility index (Phi) is 6.05. The van der Waals surface area contributed by atoms with Crippen molar-refractivity contribution in [2.45, 2.75) is 4.90 Å². The molecule has 0 aliphatic carbocycles. The molecule has 160 valence electrons. The molecule has 4 aromatic rings. The molecule has 0 unspecified atom stereocenters. The molecule has 0 heterocycles. The van der Waals surface area contributed by atoms with E-state index < -0.39 is 10.0 Å². The summed E-state index contributed by atoms with van der Waals surface area (Å²) in [5.41, 5.74) is 1.42. The van der Waals surface area contributed by atoms with Crippen molar-refractivity contribution in [2.24, 2.45) is 0 Å². The Morgan fingerprint density at radius 2 is 1.56 bits per heavy atom. The maximum absolute atomic E-state index is 13.3. The van der Waals surface area contributed by atoms with E-state index in [0.29, 0.717) is 11.4 Å². The molecular weight excluding hydrogens is 420 g/mol. The summed E-state index contributed by atoms with van der Waals surface area (Å²) in [4.78, 5) is 12.9. The van der Waals surface area contributed by atoms with Crippen molar-refractivity contribution in [3.63, 3.8) is 0 Å². The number of hydrogen-bond acceptors (Lipinski definition) is 3. The van der Waals surface area contributed by atoms with Crippen LogP contribution in [0.3, 0.4) is 0 Å². The predicted molar refractivity (Wildman–Crippen MR) is 130 cm³/mol. The van der Waals surface area contributed by atoms with Gasteiger partial charge in [0.05, 0.1) is 17.1 Å². The maximum atomic E-state index is 13.3. The van der Waals surface area contributed by atoms with Gasteiger partial charge in [0.1, 0.15) is 0 Å². The van der Waals surface area contributed by atoms with Gasteiger partial charge < -0.3 is 5.32 Å². The first-order chi connectivity index (χ1) is 15.5. The maximum Gasteiger partial charge on any atom is 0.264 e. The molecule has 0 fully saturated rings. The van der Waals surface area contributed by atoms with E-state index in [0.717, 1.165) is 10.8 Å². The number of sulfonamides is 1. The quantitative estimate of drug-likeness (QED) is 0.386. The van der Waals surface area contributed by atoms with E-state index in [1.54, 1.807) is 36.4 Å². The largest absolute Gasteiger partial charge is 0.322 e. The first kappa shape index (κ1) is 21.3. The molecule has 1 N–H and O–H groups in total. The highest BCUT2D eigenvalue weighted by Crippen LogP contribution is 2.25. The fraction of sp³-hybridized carbons (Fsp3) is 0.0385. The van der Waals surface area contributed by atoms with Crippen LogP contribution in [0.1, 0.15) is 10.4 Å². The van der Waals surface area contributed by atoms with Crippen molar-refractivity contribution in [1.82, 2.24) is 0 Å². The predicted octanol–water partition coefficient (Wildman–Crippen LogP) is 5.47. The smallest absolute Gasteiger partial charge is 0.264 e. The standard InChI is InChI=1S/C26H22N2O3S/c1-2-17-28(24-12-4-3-5-13-24)32(30,31)25-14-8-11-22(19-25)26(29)27-23-16-15-20-9-6-7-10-21(20)18-23/h2-16,18-19H,1,17H2,(H,27,29). The van der Waals surface area contributed by atoms with E-state index in [-0.39, 0.29) is 22.9 Å². The minimum absolute atomic E-state index is 0.0364. The van der Waals surface area contributed by atoms with Gasteiger partial charge in [0.15, 0.2) is 0 Å². The third kappa shape index (κ3) is 4.40. The molecule has 4 rings (SSSR count). The zero-order chi connectivity index (χ0) is 22.6. The van der Waals surface area contributed by atoms with Crippen LogP contribution in [-0.2, 0) is 10.0 Å². The van der Waals surface area contributed by atoms with Crippen molar-refractivity contribution in [3.8, 4) is 0 Å². The second-order valence-corrected chi connectivity index (χ2v) is 9.07. The molecule has 4 aromatic carbocycles. The highest BCUT2D eigenvalue weighted by Gasteiger charge is 2.24. The molecule has 6 heteroatoms. The van der Waals surface area contributed by atoms with Crippen LogP contribution >= 0.6 is 0 Å². The highest BCUT2D eigenvalue weighted by atomic mass is 32.2. The molecule has 5 nitrogen and oxygen atoms in total. The van der Waals surface area contributed by atoms with Gasteiger partial charge in [-0.25, -0.2) is 8.42 Å². The van der Waals surface area contributed by atoms with Crippen LogP contribution in [-0.4, -0.2) is 20.9 Å². The Bertz CT molecular complexity index is 1380. The normalized spacial score (nSPS) is 11.1. The fourth-order valence-electron chi connectivity index (χ4n) is 3.45. The molecule has 0 spiro atoms. The van der Waals surface area contributed by atoms with Gasteiger partial charge in [0, 0.05) is 11.3 Å². The molecule has 32 heavy (non-hydrogen) atoms. The van der Waals surface area contributed by atoms with Gasteiger partial charge in [-0.15, -0.1) is 6.58 Å². The second-order valence-electron chi connectivity index (χ2n) is 7.20. The molecule has 0 aromatic heterocycles. The number of para-hydroxylation sites is 1. The number of fused-ring (bicyclic) bond motifs is 1. The number of hydrogen-bond donors (Lipinski definition) is 1. The third-order valence-electron chi connectivity index (χ3n) is 5.03. The minimum atomic E-state index is -3.89. The number of nitrogens with zero attached hydrogens (tertiary/aromatic N) is 1. The molecule has 1 amide bonds. The summed E-state index contributed by atoms with van der Waals surface area (Å²) in [7, 11) is -3.89. The van der Waals surface area contributed by atoms with Crippen molar-refractivity contribution < 1.29 is 13.2 Å². The van der Waals surface area contributed by atoms with Crippen molar-refractivity contribution in [2.75, 3.05) is 16.2 Å². The van der Waals surface area contributed by atoms with Crippen LogP contribution in [0.15, 0.2) is 115 Å². The number of rotatable bonds is 7. The number of benzene rings is 4. The average molecular weight is 443 g/mol. The van der Waals surface area contributed by atoms with Crippen LogP contribution in [0.4, 0.5) is 11.4 Å². The molecule has 0 aliphatic heterocycles. The minimum Gasteiger partial charge on any atom is -0.322 e. The lowest BCUT2D eigenvalue weighted by Crippen LogP contribution is -2.31. The summed E-state index contributed by atoms with van der Waals surface area (Å²) in [5.74, 6) is -0.382. The van der Waals surface area contributed by atoms with E-state index in [2.05, 4.69) is 11.9 Å². The summed E-state index contributed by atoms with van der Waals surface area (Å²) in [6.45, 7) is 3.79. The lowest BCUT2D eigenvalue weighted by atomic mass is 10.1. The van der Waals surface area contributed by atoms with E-state index in [1.165, 1.54) is 22.5 Å². The molecule has 0 radical (unpaired) electrons. The van der Waals surface area contributed by atoms with Gasteiger partial charge in [0.2, 0.25) is 0 Å². The number of amides is 1. The summed E-state index contributed by atoms with van der Waals surface area (Å²) >= 11 is 0. The van der Waals surface area contributed by atoms with Gasteiger partial charge in [-0.1, -0.05) is 60.7 Å². The average Bonchev–Trinajstić information content (AvgIpc) is 2.83. The van der Waals surface area contributed by atoms with Gasteiger partial charge in [-0.05, 0) is 53.2 Å². The Hall–Kier alpha value is -3.90. The zero-order valence-corrected chi connectivity index (χ0v) is 18.1. The van der Waals surface area contributed by atoms with Crippen molar-refractivity contribution in [3.05, 3.63) is 115 Å². The topological polar surface area (TPSA) is 66.5 Å². The first-order valence-corrected chi connectivity index (χ1v) is 11.5. The van der Waals surface area contributed by atoms with Crippen LogP contribution in [0.5, 0.6) is 0 Å². The van der Waals surface area contributed by atoms with E-state index >= 15 is 0 Å². The summed E-state index contributed by atoms with van der Waals surface area (Å²) in [6.07, 6.45) is 1.53. The summed E-state index contributed by atoms with van der Waals surface area (Å²) in [5, 5.41) is 4.93. The monoisotopic (exact) mass is 442 g/mol. The van der Waals surface area contributed by atoms with Gasteiger partial charge in [0.25, 0.3) is 15.9 Å². The fourth-order valence-corrected chi connectivity index (χ4v) is 4.93. The lowest BCUT2D eigenvalue weighted by molar-refractivity contribution is 0.102. The zero-order valence-electron chi connectivity index (χ0n) is 17.3. The molecule has 0 saturated heterocycles. The van der Waals surface area contributed by atoms with Crippen molar-refractivity contribution in [1.29, 1.82) is 0 Å². The Labute approximate surface area is 187 Å². The van der Waals surface area contributed by atoms with Crippen molar-refractivity contribution >= 4 is 38.1 Å². The van der Waals surface area contributed by atoms with Crippen LogP contribution in [0.2, 0.25) is 0 Å². The SMILES string of the molecule is C=CCN(c1ccccc1)S(=O)(=O)c1cccc(C(=O)Nc2ccc3ccccc3c2)c1.